The smallest absolute Gasteiger partial charge is 0.311 e. The van der Waals surface area contributed by atoms with Crippen LogP contribution < -0.4 is 5.32 Å². The predicted octanol–water partition coefficient (Wildman–Crippen LogP) is 4.88. The Morgan fingerprint density at radius 1 is 1.17 bits per heavy atom. The van der Waals surface area contributed by atoms with Gasteiger partial charge in [0.1, 0.15) is 0 Å². The molecule has 7 heteroatoms. The van der Waals surface area contributed by atoms with Gasteiger partial charge >= 0.3 is 12.2 Å². The number of hydrogen-bond donors (Lipinski definition) is 1. The molecule has 2 amide bonds. The number of nitrogens with zero attached hydrogens (tertiary/aromatic N) is 1. The highest BCUT2D eigenvalue weighted by molar-refractivity contribution is 8.04. The standard InChI is InChI=1S/C17H19F3N2OS/c1-12-7-9-13(10-8-12)16(17(18,19)20)21-15(23)22-11-5-3-2-4-6-14(22)24-16/h6-10H,2-5,11H2,1H3,(H,21,23)/t16-/m0/s1. The Hall–Kier alpha value is -1.63. The van der Waals surface area contributed by atoms with Crippen molar-refractivity contribution in [3.05, 3.63) is 46.5 Å². The van der Waals surface area contributed by atoms with Crippen LogP contribution in [0, 0.1) is 6.92 Å². The summed E-state index contributed by atoms with van der Waals surface area (Å²) >= 11 is 0.685. The van der Waals surface area contributed by atoms with Crippen molar-refractivity contribution in [1.29, 1.82) is 0 Å². The molecule has 2 aliphatic rings. The molecule has 3 nitrogen and oxygen atoms in total. The largest absolute Gasteiger partial charge is 0.425 e. The molecule has 0 spiro atoms. The molecular formula is C17H19F3N2OS. The number of thioether (sulfide) groups is 1. The first kappa shape index (κ1) is 17.2. The van der Waals surface area contributed by atoms with Gasteiger partial charge in [-0.25, -0.2) is 4.79 Å². The molecule has 0 radical (unpaired) electrons. The molecule has 0 aromatic heterocycles. The Morgan fingerprint density at radius 2 is 1.88 bits per heavy atom. The van der Waals surface area contributed by atoms with Crippen LogP contribution in [-0.2, 0) is 4.87 Å². The summed E-state index contributed by atoms with van der Waals surface area (Å²) in [6.07, 6.45) is 0.543. The first-order chi connectivity index (χ1) is 11.3. The number of amides is 2. The fourth-order valence-electron chi connectivity index (χ4n) is 2.95. The third-order valence-electron chi connectivity index (χ3n) is 4.31. The van der Waals surface area contributed by atoms with Crippen molar-refractivity contribution in [2.24, 2.45) is 0 Å². The lowest BCUT2D eigenvalue weighted by molar-refractivity contribution is -0.168. The minimum atomic E-state index is -4.61. The molecule has 1 aromatic carbocycles. The maximum Gasteiger partial charge on any atom is 0.425 e. The van der Waals surface area contributed by atoms with Crippen LogP contribution in [0.2, 0.25) is 0 Å². The lowest BCUT2D eigenvalue weighted by atomic mass is 10.0. The Labute approximate surface area is 143 Å². The number of halogens is 3. The molecule has 3 rings (SSSR count). The van der Waals surface area contributed by atoms with Crippen LogP contribution >= 0.6 is 11.8 Å². The summed E-state index contributed by atoms with van der Waals surface area (Å²) in [4.78, 5) is 11.4. The maximum absolute atomic E-state index is 14.0. The van der Waals surface area contributed by atoms with E-state index < -0.39 is 17.1 Å². The van der Waals surface area contributed by atoms with E-state index in [0.717, 1.165) is 24.8 Å². The summed E-state index contributed by atoms with van der Waals surface area (Å²) in [5, 5.41) is 2.64. The molecule has 130 valence electrons. The monoisotopic (exact) mass is 356 g/mol. The number of fused-ring (bicyclic) bond motifs is 1. The zero-order valence-electron chi connectivity index (χ0n) is 13.3. The zero-order valence-corrected chi connectivity index (χ0v) is 14.1. The Kier molecular flexibility index (Phi) is 4.55. The van der Waals surface area contributed by atoms with Crippen molar-refractivity contribution in [2.75, 3.05) is 6.54 Å². The van der Waals surface area contributed by atoms with Gasteiger partial charge in [0.25, 0.3) is 0 Å². The van der Waals surface area contributed by atoms with Gasteiger partial charge in [0.05, 0.1) is 5.03 Å². The molecule has 2 heterocycles. The van der Waals surface area contributed by atoms with Gasteiger partial charge in [-0.1, -0.05) is 54.1 Å². The summed E-state index contributed by atoms with van der Waals surface area (Å²) in [5.74, 6) is 0. The van der Waals surface area contributed by atoms with E-state index in [0.29, 0.717) is 29.8 Å². The van der Waals surface area contributed by atoms with Crippen LogP contribution in [0.4, 0.5) is 18.0 Å². The third kappa shape index (κ3) is 3.01. The van der Waals surface area contributed by atoms with Crippen LogP contribution in [0.25, 0.3) is 0 Å². The summed E-state index contributed by atoms with van der Waals surface area (Å²) in [5.41, 5.74) is 0.913. The maximum atomic E-state index is 14.0. The fourth-order valence-corrected chi connectivity index (χ4v) is 4.25. The van der Waals surface area contributed by atoms with Crippen LogP contribution in [0.3, 0.4) is 0 Å². The number of nitrogens with one attached hydrogen (secondary N) is 1. The SMILES string of the molecule is Cc1ccc([C@]2(C(F)(F)F)NC(=O)N3CCCCCC=C3S2)cc1. The molecule has 1 fully saturated rings. The van der Waals surface area contributed by atoms with Gasteiger partial charge in [-0.05, 0) is 31.7 Å². The summed E-state index contributed by atoms with van der Waals surface area (Å²) in [7, 11) is 0. The molecule has 1 aromatic rings. The van der Waals surface area contributed by atoms with Crippen molar-refractivity contribution in [3.8, 4) is 0 Å². The van der Waals surface area contributed by atoms with Gasteiger partial charge < -0.3 is 5.32 Å². The number of alkyl halides is 3. The number of urea groups is 1. The van der Waals surface area contributed by atoms with E-state index in [1.54, 1.807) is 18.2 Å². The second-order valence-electron chi connectivity index (χ2n) is 6.12. The van der Waals surface area contributed by atoms with E-state index in [4.69, 9.17) is 0 Å². The first-order valence-electron chi connectivity index (χ1n) is 7.96. The second kappa shape index (κ2) is 6.35. The van der Waals surface area contributed by atoms with Crippen LogP contribution in [0.5, 0.6) is 0 Å². The van der Waals surface area contributed by atoms with Crippen molar-refractivity contribution in [1.82, 2.24) is 10.2 Å². The number of benzene rings is 1. The Bertz CT molecular complexity index is 657. The van der Waals surface area contributed by atoms with E-state index in [-0.39, 0.29) is 5.56 Å². The highest BCUT2D eigenvalue weighted by Gasteiger charge is 2.61. The lowest BCUT2D eigenvalue weighted by Crippen LogP contribution is -2.60. The Balaban J connectivity index is 2.07. The summed E-state index contributed by atoms with van der Waals surface area (Å²) in [6, 6.07) is 5.47. The van der Waals surface area contributed by atoms with E-state index in [2.05, 4.69) is 5.32 Å². The van der Waals surface area contributed by atoms with Gasteiger partial charge in [-0.15, -0.1) is 0 Å². The molecule has 0 bridgehead atoms. The third-order valence-corrected chi connectivity index (χ3v) is 5.79. The quantitative estimate of drug-likeness (QED) is 0.777. The average Bonchev–Trinajstić information content (AvgIpc) is 2.48. The number of carbonyl (C=O) groups excluding carboxylic acids is 1. The molecular weight excluding hydrogens is 337 g/mol. The Morgan fingerprint density at radius 3 is 2.54 bits per heavy atom. The van der Waals surface area contributed by atoms with Crippen molar-refractivity contribution >= 4 is 17.8 Å². The van der Waals surface area contributed by atoms with Crippen molar-refractivity contribution in [3.63, 3.8) is 0 Å². The van der Waals surface area contributed by atoms with Gasteiger partial charge in [-0.3, -0.25) is 4.90 Å². The lowest BCUT2D eigenvalue weighted by Gasteiger charge is -2.44. The number of carbonyl (C=O) groups is 1. The number of aryl methyl sites for hydroxylation is 1. The minimum Gasteiger partial charge on any atom is -0.311 e. The van der Waals surface area contributed by atoms with Gasteiger partial charge in [-0.2, -0.15) is 13.2 Å². The zero-order chi connectivity index (χ0) is 17.4. The summed E-state index contributed by atoms with van der Waals surface area (Å²) in [6.45, 7) is 2.27. The molecule has 1 saturated heterocycles. The highest BCUT2D eigenvalue weighted by atomic mass is 32.2. The van der Waals surface area contributed by atoms with Crippen LogP contribution in [0.1, 0.15) is 36.8 Å². The van der Waals surface area contributed by atoms with Crippen LogP contribution in [-0.4, -0.2) is 23.7 Å². The molecule has 0 saturated carbocycles. The predicted molar refractivity (Wildman–Crippen MR) is 88.3 cm³/mol. The molecule has 1 atom stereocenters. The molecule has 0 unspecified atom stereocenters. The van der Waals surface area contributed by atoms with E-state index >= 15 is 0 Å². The van der Waals surface area contributed by atoms with Gasteiger partial charge in [0, 0.05) is 6.54 Å². The number of allylic oxidation sites excluding steroid dienone is 1. The number of hydrogen-bond acceptors (Lipinski definition) is 2. The topological polar surface area (TPSA) is 32.3 Å². The highest BCUT2D eigenvalue weighted by Crippen LogP contribution is 2.53. The van der Waals surface area contributed by atoms with E-state index in [1.807, 2.05) is 6.92 Å². The molecule has 0 aliphatic carbocycles. The van der Waals surface area contributed by atoms with Gasteiger partial charge in [0.15, 0.2) is 0 Å². The van der Waals surface area contributed by atoms with Gasteiger partial charge in [0.2, 0.25) is 4.87 Å². The molecule has 2 aliphatic heterocycles. The van der Waals surface area contributed by atoms with Crippen molar-refractivity contribution in [2.45, 2.75) is 43.7 Å². The number of rotatable bonds is 1. The molecule has 1 N–H and O–H groups in total. The summed E-state index contributed by atoms with van der Waals surface area (Å²) < 4.78 is 42.0. The molecule has 24 heavy (non-hydrogen) atoms. The fraction of sp³-hybridized carbons (Fsp3) is 0.471. The van der Waals surface area contributed by atoms with Crippen molar-refractivity contribution < 1.29 is 18.0 Å². The second-order valence-corrected chi connectivity index (χ2v) is 7.36. The van der Waals surface area contributed by atoms with E-state index in [9.17, 15) is 18.0 Å². The minimum absolute atomic E-state index is 0.0431. The van der Waals surface area contributed by atoms with E-state index in [1.165, 1.54) is 17.0 Å². The first-order valence-corrected chi connectivity index (χ1v) is 8.78. The van der Waals surface area contributed by atoms with Crippen LogP contribution in [0.15, 0.2) is 35.4 Å². The average molecular weight is 356 g/mol. The normalized spacial score (nSPS) is 25.2.